The van der Waals surface area contributed by atoms with E-state index < -0.39 is 0 Å². The normalized spacial score (nSPS) is 11.9. The van der Waals surface area contributed by atoms with Crippen LogP contribution >= 0.6 is 22.9 Å². The van der Waals surface area contributed by atoms with Gasteiger partial charge in [-0.25, -0.2) is 4.98 Å². The van der Waals surface area contributed by atoms with Gasteiger partial charge in [-0.15, -0.1) is 11.3 Å². The minimum atomic E-state index is -0.118. The Labute approximate surface area is 173 Å². The molecule has 0 bridgehead atoms. The van der Waals surface area contributed by atoms with Gasteiger partial charge in [-0.2, -0.15) is 0 Å². The second-order valence-corrected chi connectivity index (χ2v) is 7.57. The SMILES string of the molecule is COc1ccccc1N(C(C)=O)c1nc(CN[C@H](C)c2ccc(Cl)cc2)cs1. The molecule has 0 aliphatic rings. The van der Waals surface area contributed by atoms with Crippen molar-refractivity contribution in [2.24, 2.45) is 0 Å². The minimum Gasteiger partial charge on any atom is -0.495 e. The van der Waals surface area contributed by atoms with E-state index >= 15 is 0 Å². The van der Waals surface area contributed by atoms with E-state index in [1.807, 2.05) is 53.9 Å². The Balaban J connectivity index is 1.74. The van der Waals surface area contributed by atoms with E-state index in [4.69, 9.17) is 16.3 Å². The number of hydrogen-bond acceptors (Lipinski definition) is 5. The van der Waals surface area contributed by atoms with Gasteiger partial charge in [0.2, 0.25) is 5.91 Å². The summed E-state index contributed by atoms with van der Waals surface area (Å²) < 4.78 is 5.40. The van der Waals surface area contributed by atoms with E-state index in [1.54, 1.807) is 12.0 Å². The van der Waals surface area contributed by atoms with Crippen LogP contribution < -0.4 is 15.0 Å². The van der Waals surface area contributed by atoms with Crippen LogP contribution in [0.15, 0.2) is 53.9 Å². The third-order valence-corrected chi connectivity index (χ3v) is 5.46. The van der Waals surface area contributed by atoms with Crippen LogP contribution in [0, 0.1) is 0 Å². The fraction of sp³-hybridized carbons (Fsp3) is 0.238. The van der Waals surface area contributed by atoms with Gasteiger partial charge in [0.25, 0.3) is 0 Å². The van der Waals surface area contributed by atoms with Crippen molar-refractivity contribution in [1.82, 2.24) is 10.3 Å². The lowest BCUT2D eigenvalue weighted by atomic mass is 10.1. The smallest absolute Gasteiger partial charge is 0.230 e. The highest BCUT2D eigenvalue weighted by molar-refractivity contribution is 7.14. The number of carbonyl (C=O) groups excluding carboxylic acids is 1. The summed E-state index contributed by atoms with van der Waals surface area (Å²) in [6, 6.07) is 15.4. The van der Waals surface area contributed by atoms with Gasteiger partial charge in [0, 0.05) is 29.9 Å². The van der Waals surface area contributed by atoms with Crippen LogP contribution in [0.25, 0.3) is 0 Å². The first-order chi connectivity index (χ1) is 13.5. The number of ether oxygens (including phenoxy) is 1. The second kappa shape index (κ2) is 9.19. The summed E-state index contributed by atoms with van der Waals surface area (Å²) in [7, 11) is 1.59. The van der Waals surface area contributed by atoms with Crippen molar-refractivity contribution in [2.45, 2.75) is 26.4 Å². The molecular formula is C21H22ClN3O2S. The predicted molar refractivity (Wildman–Crippen MR) is 115 cm³/mol. The Morgan fingerprint density at radius 3 is 2.64 bits per heavy atom. The number of para-hydroxylation sites is 2. The third kappa shape index (κ3) is 4.70. The molecule has 0 aliphatic carbocycles. The zero-order chi connectivity index (χ0) is 20.1. The van der Waals surface area contributed by atoms with Gasteiger partial charge < -0.3 is 10.1 Å². The standard InChI is InChI=1S/C21H22ClN3O2S/c1-14(16-8-10-17(22)11-9-16)23-12-18-13-28-21(24-18)25(15(2)26)19-6-4-5-7-20(19)27-3/h4-11,13-14,23H,12H2,1-3H3/t14-/m1/s1. The number of nitrogens with one attached hydrogen (secondary N) is 1. The van der Waals surface area contributed by atoms with Crippen LogP contribution in [0.3, 0.4) is 0 Å². The Morgan fingerprint density at radius 1 is 1.25 bits per heavy atom. The summed E-state index contributed by atoms with van der Waals surface area (Å²) in [5.41, 5.74) is 2.71. The Kier molecular flexibility index (Phi) is 6.67. The van der Waals surface area contributed by atoms with E-state index in [2.05, 4.69) is 17.2 Å². The lowest BCUT2D eigenvalue weighted by Crippen LogP contribution is -2.23. The molecule has 0 aliphatic heterocycles. The molecule has 3 aromatic rings. The molecule has 0 fully saturated rings. The topological polar surface area (TPSA) is 54.5 Å². The quantitative estimate of drug-likeness (QED) is 0.565. The van der Waals surface area contributed by atoms with Gasteiger partial charge in [-0.05, 0) is 36.8 Å². The zero-order valence-electron chi connectivity index (χ0n) is 16.0. The van der Waals surface area contributed by atoms with E-state index in [0.717, 1.165) is 16.3 Å². The molecule has 3 rings (SSSR count). The average Bonchev–Trinajstić information content (AvgIpc) is 3.15. The van der Waals surface area contributed by atoms with E-state index in [9.17, 15) is 4.79 Å². The van der Waals surface area contributed by atoms with Gasteiger partial charge in [0.15, 0.2) is 5.13 Å². The molecule has 1 heterocycles. The second-order valence-electron chi connectivity index (χ2n) is 6.30. The van der Waals surface area contributed by atoms with Crippen molar-refractivity contribution in [3.63, 3.8) is 0 Å². The number of methoxy groups -OCH3 is 1. The molecule has 1 N–H and O–H groups in total. The first kappa shape index (κ1) is 20.3. The Bertz CT molecular complexity index is 943. The molecule has 0 unspecified atom stereocenters. The lowest BCUT2D eigenvalue weighted by Gasteiger charge is -2.20. The molecule has 2 aromatic carbocycles. The highest BCUT2D eigenvalue weighted by Crippen LogP contribution is 2.35. The number of rotatable bonds is 7. The molecule has 0 radical (unpaired) electrons. The molecule has 7 heteroatoms. The number of benzene rings is 2. The van der Waals surface area contributed by atoms with Gasteiger partial charge in [0.1, 0.15) is 5.75 Å². The largest absolute Gasteiger partial charge is 0.495 e. The summed E-state index contributed by atoms with van der Waals surface area (Å²) in [6.07, 6.45) is 0. The number of halogens is 1. The Morgan fingerprint density at radius 2 is 1.96 bits per heavy atom. The van der Waals surface area contributed by atoms with Crippen LogP contribution in [0.5, 0.6) is 5.75 Å². The molecule has 0 saturated carbocycles. The summed E-state index contributed by atoms with van der Waals surface area (Å²) in [5.74, 6) is 0.511. The highest BCUT2D eigenvalue weighted by atomic mass is 35.5. The number of thiazole rings is 1. The van der Waals surface area contributed by atoms with Crippen LogP contribution in [0.4, 0.5) is 10.8 Å². The number of nitrogens with zero attached hydrogens (tertiary/aromatic N) is 2. The third-order valence-electron chi connectivity index (χ3n) is 4.33. The van der Waals surface area contributed by atoms with Gasteiger partial charge in [-0.3, -0.25) is 9.69 Å². The van der Waals surface area contributed by atoms with Crippen LogP contribution in [0.1, 0.15) is 31.1 Å². The maximum absolute atomic E-state index is 12.3. The van der Waals surface area contributed by atoms with Crippen LogP contribution in [-0.2, 0) is 11.3 Å². The predicted octanol–water partition coefficient (Wildman–Crippen LogP) is 5.34. The molecule has 28 heavy (non-hydrogen) atoms. The van der Waals surface area contributed by atoms with Crippen molar-refractivity contribution in [2.75, 3.05) is 12.0 Å². The fourth-order valence-electron chi connectivity index (χ4n) is 2.83. The van der Waals surface area contributed by atoms with E-state index in [1.165, 1.54) is 18.3 Å². The minimum absolute atomic E-state index is 0.118. The lowest BCUT2D eigenvalue weighted by molar-refractivity contribution is -0.115. The molecule has 0 saturated heterocycles. The van der Waals surface area contributed by atoms with Crippen molar-refractivity contribution < 1.29 is 9.53 Å². The maximum atomic E-state index is 12.3. The molecule has 1 atom stereocenters. The summed E-state index contributed by atoms with van der Waals surface area (Å²) in [4.78, 5) is 18.5. The highest BCUT2D eigenvalue weighted by Gasteiger charge is 2.21. The van der Waals surface area contributed by atoms with Crippen molar-refractivity contribution in [3.8, 4) is 5.75 Å². The van der Waals surface area contributed by atoms with Crippen LogP contribution in [-0.4, -0.2) is 18.0 Å². The average molecular weight is 416 g/mol. The van der Waals surface area contributed by atoms with Crippen molar-refractivity contribution in [1.29, 1.82) is 0 Å². The van der Waals surface area contributed by atoms with Crippen molar-refractivity contribution >= 4 is 39.7 Å². The number of anilines is 2. The monoisotopic (exact) mass is 415 g/mol. The van der Waals surface area contributed by atoms with Crippen LogP contribution in [0.2, 0.25) is 5.02 Å². The number of aromatic nitrogens is 1. The zero-order valence-corrected chi connectivity index (χ0v) is 17.6. The molecule has 0 spiro atoms. The van der Waals surface area contributed by atoms with Gasteiger partial charge >= 0.3 is 0 Å². The fourth-order valence-corrected chi connectivity index (χ4v) is 3.83. The molecule has 5 nitrogen and oxygen atoms in total. The van der Waals surface area contributed by atoms with E-state index in [0.29, 0.717) is 23.1 Å². The van der Waals surface area contributed by atoms with Gasteiger partial charge in [-0.1, -0.05) is 35.9 Å². The summed E-state index contributed by atoms with van der Waals surface area (Å²) >= 11 is 7.38. The molecular weight excluding hydrogens is 394 g/mol. The van der Waals surface area contributed by atoms with Crippen molar-refractivity contribution in [3.05, 3.63) is 70.2 Å². The molecule has 146 valence electrons. The van der Waals surface area contributed by atoms with Gasteiger partial charge in [0.05, 0.1) is 18.5 Å². The first-order valence-corrected chi connectivity index (χ1v) is 10.1. The Hall–Kier alpha value is -2.41. The number of carbonyl (C=O) groups is 1. The number of amides is 1. The molecule has 1 aromatic heterocycles. The summed E-state index contributed by atoms with van der Waals surface area (Å²) in [6.45, 7) is 4.21. The molecule has 1 amide bonds. The summed E-state index contributed by atoms with van der Waals surface area (Å²) in [5, 5.41) is 6.75. The number of hydrogen-bond donors (Lipinski definition) is 1. The van der Waals surface area contributed by atoms with E-state index in [-0.39, 0.29) is 11.9 Å². The maximum Gasteiger partial charge on any atom is 0.230 e. The first-order valence-electron chi connectivity index (χ1n) is 8.86.